The minimum Gasteiger partial charge on any atom is -0.371 e. The van der Waals surface area contributed by atoms with Crippen LogP contribution in [0, 0.1) is 0 Å². The number of rotatable bonds is 4. The Labute approximate surface area is 181 Å². The number of hydrogen-bond acceptors (Lipinski definition) is 5. The molecule has 3 saturated heterocycles. The van der Waals surface area contributed by atoms with Crippen LogP contribution in [0.15, 0.2) is 48.7 Å². The number of anilines is 3. The zero-order valence-corrected chi connectivity index (χ0v) is 17.4. The fourth-order valence-corrected chi connectivity index (χ4v) is 4.64. The molecule has 8 heteroatoms. The lowest BCUT2D eigenvalue weighted by atomic mass is 10.0. The number of amides is 3. The van der Waals surface area contributed by atoms with E-state index in [1.54, 1.807) is 11.1 Å². The Morgan fingerprint density at radius 1 is 1.03 bits per heavy atom. The number of carbonyl (C=O) groups excluding carboxylic acids is 2. The van der Waals surface area contributed by atoms with E-state index in [1.807, 2.05) is 42.5 Å². The number of fused-ring (bicyclic) bond motifs is 2. The molecule has 0 spiro atoms. The SMILES string of the molecule is O=C(Nc1ccccc1)N[C@@H]1CCCN(c2ccc(N3C[C@H]4CC[C@@H](C3)O4)nc2)C1=O. The van der Waals surface area contributed by atoms with E-state index >= 15 is 0 Å². The summed E-state index contributed by atoms with van der Waals surface area (Å²) >= 11 is 0. The first-order valence-electron chi connectivity index (χ1n) is 11.0. The maximum Gasteiger partial charge on any atom is 0.319 e. The Morgan fingerprint density at radius 3 is 2.52 bits per heavy atom. The maximum atomic E-state index is 13.0. The summed E-state index contributed by atoms with van der Waals surface area (Å²) in [7, 11) is 0. The smallest absolute Gasteiger partial charge is 0.319 e. The summed E-state index contributed by atoms with van der Waals surface area (Å²) < 4.78 is 5.90. The molecule has 2 N–H and O–H groups in total. The summed E-state index contributed by atoms with van der Waals surface area (Å²) in [5, 5.41) is 5.58. The lowest BCUT2D eigenvalue weighted by Gasteiger charge is -2.34. The van der Waals surface area contributed by atoms with Gasteiger partial charge in [0.25, 0.3) is 0 Å². The van der Waals surface area contributed by atoms with Crippen molar-refractivity contribution in [2.24, 2.45) is 0 Å². The number of piperidine rings is 1. The van der Waals surface area contributed by atoms with Crippen molar-refractivity contribution < 1.29 is 14.3 Å². The molecule has 4 heterocycles. The van der Waals surface area contributed by atoms with Gasteiger partial charge in [0.1, 0.15) is 11.9 Å². The van der Waals surface area contributed by atoms with Gasteiger partial charge in [0.15, 0.2) is 0 Å². The van der Waals surface area contributed by atoms with Crippen molar-refractivity contribution in [2.45, 2.75) is 43.9 Å². The van der Waals surface area contributed by atoms with Crippen molar-refractivity contribution in [3.63, 3.8) is 0 Å². The largest absolute Gasteiger partial charge is 0.371 e. The van der Waals surface area contributed by atoms with Crippen LogP contribution in [0.25, 0.3) is 0 Å². The predicted octanol–water partition coefficient (Wildman–Crippen LogP) is 2.77. The summed E-state index contributed by atoms with van der Waals surface area (Å²) in [6, 6.07) is 12.2. The molecule has 0 aliphatic carbocycles. The van der Waals surface area contributed by atoms with E-state index in [4.69, 9.17) is 4.74 Å². The number of para-hydroxylation sites is 1. The van der Waals surface area contributed by atoms with E-state index in [-0.39, 0.29) is 11.9 Å². The fourth-order valence-electron chi connectivity index (χ4n) is 4.64. The number of benzene rings is 1. The van der Waals surface area contributed by atoms with Crippen molar-refractivity contribution in [3.8, 4) is 0 Å². The standard InChI is InChI=1S/C23H27N5O3/c29-22-20(26-23(30)25-16-5-2-1-3-6-16)7-4-12-28(22)17-8-11-21(24-13-17)27-14-18-9-10-19(15-27)31-18/h1-3,5-6,8,11,13,18-20H,4,7,9-10,12,14-15H2,(H2,25,26,30)/t18-,19+,20-/m1/s1. The molecule has 31 heavy (non-hydrogen) atoms. The number of urea groups is 1. The van der Waals surface area contributed by atoms with Crippen LogP contribution < -0.4 is 20.4 Å². The summed E-state index contributed by atoms with van der Waals surface area (Å²) in [5.41, 5.74) is 1.46. The molecule has 1 aromatic heterocycles. The van der Waals surface area contributed by atoms with Gasteiger partial charge in [0.2, 0.25) is 5.91 Å². The van der Waals surface area contributed by atoms with E-state index in [0.29, 0.717) is 30.9 Å². The van der Waals surface area contributed by atoms with E-state index in [9.17, 15) is 9.59 Å². The van der Waals surface area contributed by atoms with Crippen LogP contribution in [0.3, 0.4) is 0 Å². The molecule has 0 radical (unpaired) electrons. The number of pyridine rings is 1. The van der Waals surface area contributed by atoms with Crippen molar-refractivity contribution >= 4 is 29.1 Å². The third-order valence-electron chi connectivity index (χ3n) is 6.19. The highest BCUT2D eigenvalue weighted by Crippen LogP contribution is 2.30. The van der Waals surface area contributed by atoms with Crippen molar-refractivity contribution in [1.29, 1.82) is 0 Å². The Morgan fingerprint density at radius 2 is 1.81 bits per heavy atom. The van der Waals surface area contributed by atoms with Gasteiger partial charge in [-0.05, 0) is 49.9 Å². The van der Waals surface area contributed by atoms with Gasteiger partial charge in [0, 0.05) is 25.3 Å². The number of nitrogens with zero attached hydrogens (tertiary/aromatic N) is 3. The number of carbonyl (C=O) groups is 2. The molecule has 3 aliphatic heterocycles. The molecular weight excluding hydrogens is 394 g/mol. The van der Waals surface area contributed by atoms with Gasteiger partial charge >= 0.3 is 6.03 Å². The quantitative estimate of drug-likeness (QED) is 0.793. The molecule has 1 aromatic carbocycles. The Kier molecular flexibility index (Phi) is 5.46. The fraction of sp³-hybridized carbons (Fsp3) is 0.435. The Hall–Kier alpha value is -3.13. The summed E-state index contributed by atoms with van der Waals surface area (Å²) in [6.45, 7) is 2.36. The van der Waals surface area contributed by atoms with Gasteiger partial charge in [-0.3, -0.25) is 4.79 Å². The highest BCUT2D eigenvalue weighted by Gasteiger charge is 2.35. The molecule has 0 unspecified atom stereocenters. The number of nitrogens with one attached hydrogen (secondary N) is 2. The van der Waals surface area contributed by atoms with E-state index < -0.39 is 6.04 Å². The Balaban J connectivity index is 1.22. The number of hydrogen-bond donors (Lipinski definition) is 2. The number of aromatic nitrogens is 1. The molecular formula is C23H27N5O3. The van der Waals surface area contributed by atoms with Crippen LogP contribution in [0.1, 0.15) is 25.7 Å². The van der Waals surface area contributed by atoms with Crippen LogP contribution in [0.2, 0.25) is 0 Å². The summed E-state index contributed by atoms with van der Waals surface area (Å²) in [5.74, 6) is 0.818. The lowest BCUT2D eigenvalue weighted by Crippen LogP contribution is -2.53. The minimum atomic E-state index is -0.549. The minimum absolute atomic E-state index is 0.103. The summed E-state index contributed by atoms with van der Waals surface area (Å²) in [6.07, 6.45) is 6.05. The monoisotopic (exact) mass is 421 g/mol. The third-order valence-corrected chi connectivity index (χ3v) is 6.19. The zero-order chi connectivity index (χ0) is 21.2. The maximum absolute atomic E-state index is 13.0. The second-order valence-electron chi connectivity index (χ2n) is 8.39. The molecule has 3 fully saturated rings. The van der Waals surface area contributed by atoms with Gasteiger partial charge < -0.3 is 25.2 Å². The molecule has 0 saturated carbocycles. The van der Waals surface area contributed by atoms with Crippen LogP contribution in [0.4, 0.5) is 22.0 Å². The normalized spacial score (nSPS) is 25.4. The highest BCUT2D eigenvalue weighted by molar-refractivity contribution is 6.01. The van der Waals surface area contributed by atoms with Gasteiger partial charge in [-0.15, -0.1) is 0 Å². The highest BCUT2D eigenvalue weighted by atomic mass is 16.5. The first-order chi connectivity index (χ1) is 15.2. The second kappa shape index (κ2) is 8.55. The summed E-state index contributed by atoms with van der Waals surface area (Å²) in [4.78, 5) is 34.0. The van der Waals surface area contributed by atoms with E-state index in [0.717, 1.165) is 43.9 Å². The van der Waals surface area contributed by atoms with Crippen LogP contribution in [-0.2, 0) is 9.53 Å². The van der Waals surface area contributed by atoms with Crippen molar-refractivity contribution in [1.82, 2.24) is 10.3 Å². The molecule has 2 aromatic rings. The molecule has 3 amide bonds. The molecule has 2 bridgehead atoms. The average Bonchev–Trinajstić information content (AvgIpc) is 3.13. The first kappa shape index (κ1) is 19.8. The third kappa shape index (κ3) is 4.34. The van der Waals surface area contributed by atoms with Gasteiger partial charge in [-0.25, -0.2) is 9.78 Å². The van der Waals surface area contributed by atoms with Gasteiger partial charge in [-0.1, -0.05) is 18.2 Å². The lowest BCUT2D eigenvalue weighted by molar-refractivity contribution is -0.121. The topological polar surface area (TPSA) is 86.8 Å². The van der Waals surface area contributed by atoms with E-state index in [1.165, 1.54) is 0 Å². The van der Waals surface area contributed by atoms with Gasteiger partial charge in [-0.2, -0.15) is 0 Å². The average molecular weight is 422 g/mol. The molecule has 3 aliphatic rings. The molecule has 8 nitrogen and oxygen atoms in total. The number of morpholine rings is 1. The Bertz CT molecular complexity index is 924. The van der Waals surface area contributed by atoms with E-state index in [2.05, 4.69) is 20.5 Å². The molecule has 162 valence electrons. The first-order valence-corrected chi connectivity index (χ1v) is 11.0. The van der Waals surface area contributed by atoms with Crippen LogP contribution in [0.5, 0.6) is 0 Å². The number of ether oxygens (including phenoxy) is 1. The van der Waals surface area contributed by atoms with Crippen molar-refractivity contribution in [2.75, 3.05) is 34.8 Å². The zero-order valence-electron chi connectivity index (χ0n) is 17.4. The predicted molar refractivity (Wildman–Crippen MR) is 118 cm³/mol. The van der Waals surface area contributed by atoms with Crippen LogP contribution in [-0.4, -0.2) is 54.8 Å². The van der Waals surface area contributed by atoms with Crippen molar-refractivity contribution in [3.05, 3.63) is 48.7 Å². The second-order valence-corrected chi connectivity index (χ2v) is 8.39. The van der Waals surface area contributed by atoms with Crippen LogP contribution >= 0.6 is 0 Å². The molecule has 5 rings (SSSR count). The molecule has 3 atom stereocenters. The van der Waals surface area contributed by atoms with Gasteiger partial charge in [0.05, 0.1) is 24.1 Å².